The molecule has 3 rings (SSSR count). The van der Waals surface area contributed by atoms with Crippen molar-refractivity contribution in [3.05, 3.63) is 77.6 Å². The van der Waals surface area contributed by atoms with Crippen molar-refractivity contribution in [2.75, 3.05) is 25.6 Å². The van der Waals surface area contributed by atoms with Gasteiger partial charge >= 0.3 is 11.9 Å². The summed E-state index contributed by atoms with van der Waals surface area (Å²) in [6.07, 6.45) is 1.57. The molecule has 8 nitrogen and oxygen atoms in total. The Bertz CT molecular complexity index is 1230. The number of carbonyl (C=O) groups is 2. The monoisotopic (exact) mass is 479 g/mol. The molecule has 182 valence electrons. The molecule has 1 N–H and O–H groups in total. The molecule has 9 heteroatoms. The molecule has 0 fully saturated rings. The second-order valence-electron chi connectivity index (χ2n) is 7.83. The van der Waals surface area contributed by atoms with E-state index in [1.165, 1.54) is 24.3 Å². The maximum absolute atomic E-state index is 14.5. The standard InChI is InChI=1S/C26H26FN3O5/c1-4-5-14-34-25(32)22-13-11-20(16-24(22)31)35-26(33)21-12-8-18(15-23(21)27)29-28-17-6-9-19(10-7-17)30(2)3/h6-13,15-16,31H,4-5,14H2,1-3H3/b29-28+. The number of halogens is 1. The largest absolute Gasteiger partial charge is 0.507 e. The van der Waals surface area contributed by atoms with Crippen molar-refractivity contribution in [3.8, 4) is 11.5 Å². The highest BCUT2D eigenvalue weighted by atomic mass is 19.1. The normalized spacial score (nSPS) is 10.9. The van der Waals surface area contributed by atoms with Crippen LogP contribution in [-0.2, 0) is 4.74 Å². The molecule has 0 saturated carbocycles. The van der Waals surface area contributed by atoms with Gasteiger partial charge in [0.15, 0.2) is 0 Å². The number of azo groups is 1. The van der Waals surface area contributed by atoms with Gasteiger partial charge in [-0.3, -0.25) is 0 Å². The van der Waals surface area contributed by atoms with E-state index in [9.17, 15) is 19.1 Å². The number of rotatable bonds is 9. The van der Waals surface area contributed by atoms with Crippen LogP contribution in [0.2, 0.25) is 0 Å². The van der Waals surface area contributed by atoms with Crippen molar-refractivity contribution in [1.29, 1.82) is 0 Å². The average molecular weight is 480 g/mol. The fraction of sp³-hybridized carbons (Fsp3) is 0.231. The number of hydrogen-bond acceptors (Lipinski definition) is 8. The molecule has 35 heavy (non-hydrogen) atoms. The Kier molecular flexibility index (Phi) is 8.50. The summed E-state index contributed by atoms with van der Waals surface area (Å²) in [5, 5.41) is 18.2. The first-order valence-electron chi connectivity index (χ1n) is 11.0. The van der Waals surface area contributed by atoms with E-state index in [0.29, 0.717) is 12.1 Å². The second kappa shape index (κ2) is 11.7. The maximum atomic E-state index is 14.5. The zero-order valence-electron chi connectivity index (χ0n) is 19.7. The number of anilines is 1. The van der Waals surface area contributed by atoms with Crippen LogP contribution in [0.3, 0.4) is 0 Å². The molecular formula is C26H26FN3O5. The van der Waals surface area contributed by atoms with Crippen LogP contribution in [0.25, 0.3) is 0 Å². The van der Waals surface area contributed by atoms with Crippen LogP contribution in [0.15, 0.2) is 70.9 Å². The van der Waals surface area contributed by atoms with E-state index >= 15 is 0 Å². The van der Waals surface area contributed by atoms with Crippen LogP contribution >= 0.6 is 0 Å². The van der Waals surface area contributed by atoms with E-state index in [2.05, 4.69) is 10.2 Å². The second-order valence-corrected chi connectivity index (χ2v) is 7.83. The zero-order chi connectivity index (χ0) is 25.4. The van der Waals surface area contributed by atoms with Gasteiger partial charge in [-0.1, -0.05) is 13.3 Å². The number of esters is 2. The summed E-state index contributed by atoms with van der Waals surface area (Å²) in [4.78, 5) is 26.4. The lowest BCUT2D eigenvalue weighted by atomic mass is 10.2. The summed E-state index contributed by atoms with van der Waals surface area (Å²) >= 11 is 0. The number of aromatic hydroxyl groups is 1. The quantitative estimate of drug-likeness (QED) is 0.170. The van der Waals surface area contributed by atoms with Crippen LogP contribution in [0.5, 0.6) is 11.5 Å². The first-order chi connectivity index (χ1) is 16.8. The van der Waals surface area contributed by atoms with Crippen LogP contribution < -0.4 is 9.64 Å². The average Bonchev–Trinajstić information content (AvgIpc) is 2.83. The molecule has 0 aromatic heterocycles. The van der Waals surface area contributed by atoms with Crippen molar-refractivity contribution in [2.24, 2.45) is 10.2 Å². The van der Waals surface area contributed by atoms with Crippen molar-refractivity contribution >= 4 is 29.0 Å². The molecule has 3 aromatic rings. The lowest BCUT2D eigenvalue weighted by Gasteiger charge is -2.11. The topological polar surface area (TPSA) is 101 Å². The van der Waals surface area contributed by atoms with Gasteiger partial charge in [-0.05, 0) is 55.0 Å². The fourth-order valence-corrected chi connectivity index (χ4v) is 2.96. The van der Waals surface area contributed by atoms with Crippen LogP contribution in [-0.4, -0.2) is 37.7 Å². The number of benzene rings is 3. The molecule has 0 amide bonds. The summed E-state index contributed by atoms with van der Waals surface area (Å²) < 4.78 is 24.7. The van der Waals surface area contributed by atoms with E-state index in [1.54, 1.807) is 12.1 Å². The van der Waals surface area contributed by atoms with E-state index in [1.807, 2.05) is 38.1 Å². The number of phenols is 1. The van der Waals surface area contributed by atoms with Gasteiger partial charge < -0.3 is 19.5 Å². The van der Waals surface area contributed by atoms with Crippen molar-refractivity contribution in [2.45, 2.75) is 19.8 Å². The van der Waals surface area contributed by atoms with Gasteiger partial charge in [0.05, 0.1) is 23.5 Å². The van der Waals surface area contributed by atoms with Gasteiger partial charge in [0.2, 0.25) is 0 Å². The minimum absolute atomic E-state index is 0.0538. The number of ether oxygens (including phenoxy) is 2. The molecule has 0 saturated heterocycles. The highest BCUT2D eigenvalue weighted by Crippen LogP contribution is 2.27. The Balaban J connectivity index is 1.65. The lowest BCUT2D eigenvalue weighted by Crippen LogP contribution is -2.11. The third-order valence-electron chi connectivity index (χ3n) is 4.95. The minimum Gasteiger partial charge on any atom is -0.507 e. The van der Waals surface area contributed by atoms with Crippen LogP contribution in [0, 0.1) is 5.82 Å². The fourth-order valence-electron chi connectivity index (χ4n) is 2.96. The molecule has 0 spiro atoms. The molecule has 0 radical (unpaired) electrons. The number of phenolic OH excluding ortho intramolecular Hbond substituents is 1. The molecule has 0 unspecified atom stereocenters. The number of hydrogen-bond donors (Lipinski definition) is 1. The van der Waals surface area contributed by atoms with Gasteiger partial charge in [0, 0.05) is 31.9 Å². The number of nitrogens with zero attached hydrogens (tertiary/aromatic N) is 3. The summed E-state index contributed by atoms with van der Waals surface area (Å²) in [6, 6.07) is 14.8. The molecule has 0 aliphatic heterocycles. The maximum Gasteiger partial charge on any atom is 0.346 e. The Labute approximate surface area is 202 Å². The Hall–Kier alpha value is -4.27. The van der Waals surface area contributed by atoms with E-state index in [0.717, 1.165) is 24.2 Å². The highest BCUT2D eigenvalue weighted by Gasteiger charge is 2.18. The highest BCUT2D eigenvalue weighted by molar-refractivity contribution is 5.94. The third kappa shape index (κ3) is 6.86. The number of unbranched alkanes of at least 4 members (excludes halogenated alkanes) is 1. The zero-order valence-corrected chi connectivity index (χ0v) is 19.7. The van der Waals surface area contributed by atoms with Gasteiger partial charge in [0.25, 0.3) is 0 Å². The van der Waals surface area contributed by atoms with Gasteiger partial charge in [-0.2, -0.15) is 10.2 Å². The smallest absolute Gasteiger partial charge is 0.346 e. The van der Waals surface area contributed by atoms with E-state index in [4.69, 9.17) is 9.47 Å². The summed E-state index contributed by atoms with van der Waals surface area (Å²) in [7, 11) is 3.85. The predicted molar refractivity (Wildman–Crippen MR) is 130 cm³/mol. The van der Waals surface area contributed by atoms with Gasteiger partial charge in [-0.25, -0.2) is 14.0 Å². The van der Waals surface area contributed by atoms with Crippen LogP contribution in [0.1, 0.15) is 40.5 Å². The molecule has 0 aliphatic carbocycles. The van der Waals surface area contributed by atoms with Crippen molar-refractivity contribution in [3.63, 3.8) is 0 Å². The van der Waals surface area contributed by atoms with E-state index < -0.39 is 23.5 Å². The van der Waals surface area contributed by atoms with E-state index in [-0.39, 0.29) is 29.2 Å². The van der Waals surface area contributed by atoms with Gasteiger partial charge in [0.1, 0.15) is 22.9 Å². The first-order valence-corrected chi connectivity index (χ1v) is 11.0. The Morgan fingerprint density at radius 2 is 1.57 bits per heavy atom. The Morgan fingerprint density at radius 3 is 2.20 bits per heavy atom. The molecule has 0 atom stereocenters. The third-order valence-corrected chi connectivity index (χ3v) is 4.95. The first kappa shape index (κ1) is 25.4. The molecule has 3 aromatic carbocycles. The molecule has 0 bridgehead atoms. The molecule has 0 heterocycles. The minimum atomic E-state index is -0.970. The number of carbonyl (C=O) groups excluding carboxylic acids is 2. The van der Waals surface area contributed by atoms with Crippen LogP contribution in [0.4, 0.5) is 21.5 Å². The van der Waals surface area contributed by atoms with Crippen molar-refractivity contribution in [1.82, 2.24) is 0 Å². The van der Waals surface area contributed by atoms with Crippen molar-refractivity contribution < 1.29 is 28.6 Å². The molecule has 0 aliphatic rings. The summed E-state index contributed by atoms with van der Waals surface area (Å²) in [5.41, 5.74) is 1.45. The molecular weight excluding hydrogens is 453 g/mol. The SMILES string of the molecule is CCCCOC(=O)c1ccc(OC(=O)c2ccc(/N=N/c3ccc(N(C)C)cc3)cc2F)cc1O. The van der Waals surface area contributed by atoms with Gasteiger partial charge in [-0.15, -0.1) is 0 Å². The predicted octanol–water partition coefficient (Wildman–Crippen LogP) is 6.19. The summed E-state index contributed by atoms with van der Waals surface area (Å²) in [5.74, 6) is -2.95. The lowest BCUT2D eigenvalue weighted by molar-refractivity contribution is 0.0496. The summed E-state index contributed by atoms with van der Waals surface area (Å²) in [6.45, 7) is 2.20. The Morgan fingerprint density at radius 1 is 0.914 bits per heavy atom.